The van der Waals surface area contributed by atoms with E-state index in [-0.39, 0.29) is 0 Å². The van der Waals surface area contributed by atoms with E-state index in [9.17, 15) is 0 Å². The highest BCUT2D eigenvalue weighted by Gasteiger charge is 2.30. The number of hydrazine groups is 1. The Balaban J connectivity index is 2.11. The van der Waals surface area contributed by atoms with Crippen LogP contribution >= 0.6 is 0 Å². The fourth-order valence-electron chi connectivity index (χ4n) is 3.45. The minimum absolute atomic E-state index is 0.309. The first kappa shape index (κ1) is 15.0. The molecule has 0 saturated carbocycles. The third-order valence-electron chi connectivity index (χ3n) is 4.66. The van der Waals surface area contributed by atoms with Crippen molar-refractivity contribution >= 4 is 0 Å². The lowest BCUT2D eigenvalue weighted by molar-refractivity contribution is 0.190. The maximum absolute atomic E-state index is 5.91. The van der Waals surface area contributed by atoms with E-state index in [0.29, 0.717) is 12.1 Å². The standard InChI is InChI=1S/C15H30N4/c1-18-10-7-11-19(2)14(12-18)15(17-16)13-8-5-3-4-6-9-13/h8,14-15,17H,3-7,9-12,16H2,1-2H3. The van der Waals surface area contributed by atoms with E-state index in [1.54, 1.807) is 0 Å². The minimum atomic E-state index is 0.309. The summed E-state index contributed by atoms with van der Waals surface area (Å²) in [5.74, 6) is 5.91. The third-order valence-corrected chi connectivity index (χ3v) is 4.66. The van der Waals surface area contributed by atoms with Crippen LogP contribution in [-0.4, -0.2) is 55.6 Å². The first-order valence-electron chi connectivity index (χ1n) is 7.76. The Kier molecular flexibility index (Phi) is 5.82. The molecule has 19 heavy (non-hydrogen) atoms. The number of nitrogens with zero attached hydrogens (tertiary/aromatic N) is 2. The Hall–Kier alpha value is -0.420. The fraction of sp³-hybridized carbons (Fsp3) is 0.867. The van der Waals surface area contributed by atoms with Gasteiger partial charge in [-0.2, -0.15) is 0 Å². The van der Waals surface area contributed by atoms with Crippen LogP contribution in [0.5, 0.6) is 0 Å². The topological polar surface area (TPSA) is 44.5 Å². The molecule has 1 saturated heterocycles. The molecule has 4 heteroatoms. The second-order valence-corrected chi connectivity index (χ2v) is 6.19. The molecular formula is C15H30N4. The summed E-state index contributed by atoms with van der Waals surface area (Å²) in [6.45, 7) is 3.46. The van der Waals surface area contributed by atoms with E-state index in [0.717, 1.165) is 6.54 Å². The van der Waals surface area contributed by atoms with Crippen molar-refractivity contribution in [2.75, 3.05) is 33.7 Å². The van der Waals surface area contributed by atoms with E-state index < -0.39 is 0 Å². The van der Waals surface area contributed by atoms with Crippen LogP contribution in [0.4, 0.5) is 0 Å². The lowest BCUT2D eigenvalue weighted by Crippen LogP contribution is -2.55. The average molecular weight is 266 g/mol. The number of rotatable bonds is 3. The maximum atomic E-state index is 5.91. The van der Waals surface area contributed by atoms with Gasteiger partial charge >= 0.3 is 0 Å². The quantitative estimate of drug-likeness (QED) is 0.460. The number of likely N-dealkylation sites (N-methyl/N-ethyl adjacent to an activating group) is 2. The Morgan fingerprint density at radius 3 is 2.84 bits per heavy atom. The first-order chi connectivity index (χ1) is 9.22. The summed E-state index contributed by atoms with van der Waals surface area (Å²) < 4.78 is 0. The van der Waals surface area contributed by atoms with Crippen molar-refractivity contribution in [3.63, 3.8) is 0 Å². The van der Waals surface area contributed by atoms with Crippen molar-refractivity contribution in [2.45, 2.75) is 50.6 Å². The molecule has 0 aromatic heterocycles. The molecule has 1 heterocycles. The zero-order valence-electron chi connectivity index (χ0n) is 12.6. The maximum Gasteiger partial charge on any atom is 0.0587 e. The lowest BCUT2D eigenvalue weighted by Gasteiger charge is -2.35. The van der Waals surface area contributed by atoms with Crippen LogP contribution in [0, 0.1) is 0 Å². The molecule has 3 N–H and O–H groups in total. The number of allylic oxidation sites excluding steroid dienone is 1. The molecule has 0 radical (unpaired) electrons. The van der Waals surface area contributed by atoms with Gasteiger partial charge in [0, 0.05) is 12.6 Å². The molecule has 110 valence electrons. The number of hydrogen-bond acceptors (Lipinski definition) is 4. The van der Waals surface area contributed by atoms with Crippen LogP contribution < -0.4 is 11.3 Å². The summed E-state index contributed by atoms with van der Waals surface area (Å²) in [5.41, 5.74) is 4.65. The van der Waals surface area contributed by atoms with Crippen molar-refractivity contribution in [1.29, 1.82) is 0 Å². The number of hydrogen-bond donors (Lipinski definition) is 2. The predicted octanol–water partition coefficient (Wildman–Crippen LogP) is 1.34. The SMILES string of the molecule is CN1CCCN(C)C(C(NN)C2=CCCCCC2)C1. The Morgan fingerprint density at radius 1 is 1.21 bits per heavy atom. The summed E-state index contributed by atoms with van der Waals surface area (Å²) in [6, 6.07) is 0.797. The van der Waals surface area contributed by atoms with E-state index in [1.807, 2.05) is 0 Å². The highest BCUT2D eigenvalue weighted by atomic mass is 15.3. The molecule has 2 atom stereocenters. The second-order valence-electron chi connectivity index (χ2n) is 6.19. The van der Waals surface area contributed by atoms with Crippen LogP contribution in [0.15, 0.2) is 11.6 Å². The normalized spacial score (nSPS) is 29.4. The molecule has 0 aromatic carbocycles. The number of nitrogens with one attached hydrogen (secondary N) is 1. The lowest BCUT2D eigenvalue weighted by atomic mass is 9.94. The molecule has 2 aliphatic rings. The highest BCUT2D eigenvalue weighted by Crippen LogP contribution is 2.24. The highest BCUT2D eigenvalue weighted by molar-refractivity contribution is 5.16. The van der Waals surface area contributed by atoms with Crippen LogP contribution in [0.2, 0.25) is 0 Å². The Morgan fingerprint density at radius 2 is 2.05 bits per heavy atom. The molecule has 0 spiro atoms. The summed E-state index contributed by atoms with van der Waals surface area (Å²) in [4.78, 5) is 4.93. The van der Waals surface area contributed by atoms with Crippen LogP contribution in [0.25, 0.3) is 0 Å². The van der Waals surface area contributed by atoms with Crippen LogP contribution in [0.1, 0.15) is 38.5 Å². The van der Waals surface area contributed by atoms with Gasteiger partial charge in [-0.25, -0.2) is 0 Å². The average Bonchev–Trinajstić information content (AvgIpc) is 2.74. The van der Waals surface area contributed by atoms with Gasteiger partial charge in [0.25, 0.3) is 0 Å². The van der Waals surface area contributed by atoms with Gasteiger partial charge in [-0.3, -0.25) is 11.3 Å². The Bertz CT molecular complexity index is 303. The van der Waals surface area contributed by atoms with Crippen LogP contribution in [0.3, 0.4) is 0 Å². The van der Waals surface area contributed by atoms with Crippen LogP contribution in [-0.2, 0) is 0 Å². The van der Waals surface area contributed by atoms with Gasteiger partial charge < -0.3 is 9.80 Å². The molecule has 2 rings (SSSR count). The molecule has 4 nitrogen and oxygen atoms in total. The third kappa shape index (κ3) is 4.02. The molecule has 0 amide bonds. The molecule has 0 aromatic rings. The largest absolute Gasteiger partial charge is 0.305 e. The van der Waals surface area contributed by atoms with Gasteiger partial charge in [-0.1, -0.05) is 18.1 Å². The zero-order valence-corrected chi connectivity index (χ0v) is 12.6. The molecular weight excluding hydrogens is 236 g/mol. The minimum Gasteiger partial charge on any atom is -0.305 e. The molecule has 1 fully saturated rings. The van der Waals surface area contributed by atoms with Crippen molar-refractivity contribution in [1.82, 2.24) is 15.2 Å². The monoisotopic (exact) mass is 266 g/mol. The predicted molar refractivity (Wildman–Crippen MR) is 80.8 cm³/mol. The van der Waals surface area contributed by atoms with Gasteiger partial charge in [0.2, 0.25) is 0 Å². The number of nitrogens with two attached hydrogens (primary N) is 1. The van der Waals surface area contributed by atoms with Crippen molar-refractivity contribution in [3.05, 3.63) is 11.6 Å². The molecule has 1 aliphatic heterocycles. The summed E-state index contributed by atoms with van der Waals surface area (Å²) in [5, 5.41) is 0. The van der Waals surface area contributed by atoms with Gasteiger partial charge in [-0.15, -0.1) is 0 Å². The van der Waals surface area contributed by atoms with Gasteiger partial charge in [0.15, 0.2) is 0 Å². The smallest absolute Gasteiger partial charge is 0.0587 e. The van der Waals surface area contributed by atoms with Gasteiger partial charge in [0.1, 0.15) is 0 Å². The zero-order chi connectivity index (χ0) is 13.7. The molecule has 0 bridgehead atoms. The van der Waals surface area contributed by atoms with E-state index in [4.69, 9.17) is 5.84 Å². The summed E-state index contributed by atoms with van der Waals surface area (Å²) in [6.07, 6.45) is 10.1. The van der Waals surface area contributed by atoms with Crippen molar-refractivity contribution < 1.29 is 0 Å². The second kappa shape index (κ2) is 7.39. The van der Waals surface area contributed by atoms with E-state index in [2.05, 4.69) is 35.4 Å². The van der Waals surface area contributed by atoms with E-state index in [1.165, 1.54) is 57.2 Å². The molecule has 2 unspecified atom stereocenters. The first-order valence-corrected chi connectivity index (χ1v) is 7.76. The Labute approximate surface area is 118 Å². The van der Waals surface area contributed by atoms with Crippen molar-refractivity contribution in [2.24, 2.45) is 5.84 Å². The summed E-state index contributed by atoms with van der Waals surface area (Å²) in [7, 11) is 4.46. The van der Waals surface area contributed by atoms with Crippen molar-refractivity contribution in [3.8, 4) is 0 Å². The summed E-state index contributed by atoms with van der Waals surface area (Å²) >= 11 is 0. The van der Waals surface area contributed by atoms with Gasteiger partial charge in [-0.05, 0) is 59.3 Å². The van der Waals surface area contributed by atoms with E-state index >= 15 is 0 Å². The van der Waals surface area contributed by atoms with Gasteiger partial charge in [0.05, 0.1) is 6.04 Å². The molecule has 1 aliphatic carbocycles. The fourth-order valence-corrected chi connectivity index (χ4v) is 3.45.